The topological polar surface area (TPSA) is 42.0 Å². The molecule has 1 amide bonds. The van der Waals surface area contributed by atoms with Gasteiger partial charge in [0, 0.05) is 16.1 Å². The lowest BCUT2D eigenvalue weighted by atomic mass is 10.0. The predicted molar refractivity (Wildman–Crippen MR) is 114 cm³/mol. The van der Waals surface area contributed by atoms with Gasteiger partial charge in [-0.15, -0.1) is 11.3 Å². The largest absolute Gasteiger partial charge is 0.322 e. The summed E-state index contributed by atoms with van der Waals surface area (Å²) < 4.78 is 0. The first-order valence-corrected chi connectivity index (χ1v) is 9.80. The Bertz CT molecular complexity index is 1140. The van der Waals surface area contributed by atoms with Crippen LogP contribution in [0, 0.1) is 13.8 Å². The Morgan fingerprint density at radius 2 is 1.85 bits per heavy atom. The molecular weight excluding hydrogens is 376 g/mol. The van der Waals surface area contributed by atoms with Crippen molar-refractivity contribution >= 4 is 45.4 Å². The van der Waals surface area contributed by atoms with Crippen LogP contribution in [-0.2, 0) is 0 Å². The zero-order valence-corrected chi connectivity index (χ0v) is 16.5. The molecule has 3 nitrogen and oxygen atoms in total. The molecule has 0 spiro atoms. The van der Waals surface area contributed by atoms with Gasteiger partial charge < -0.3 is 5.32 Å². The smallest absolute Gasteiger partial charge is 0.256 e. The molecule has 0 radical (unpaired) electrons. The highest BCUT2D eigenvalue weighted by Crippen LogP contribution is 2.32. The number of anilines is 1. The maximum absolute atomic E-state index is 13.1. The number of carbonyl (C=O) groups is 1. The van der Waals surface area contributed by atoms with E-state index in [1.807, 2.05) is 73.8 Å². The van der Waals surface area contributed by atoms with E-state index in [0.29, 0.717) is 10.6 Å². The van der Waals surface area contributed by atoms with E-state index in [1.165, 1.54) is 0 Å². The number of hydrogen-bond donors (Lipinski definition) is 1. The minimum atomic E-state index is -0.161. The highest BCUT2D eigenvalue weighted by Gasteiger charge is 2.17. The minimum Gasteiger partial charge on any atom is -0.322 e. The number of amides is 1. The van der Waals surface area contributed by atoms with Crippen LogP contribution < -0.4 is 5.32 Å². The van der Waals surface area contributed by atoms with E-state index in [-0.39, 0.29) is 5.91 Å². The molecule has 0 bridgehead atoms. The Morgan fingerprint density at radius 1 is 1.07 bits per heavy atom. The molecule has 4 aromatic rings. The van der Waals surface area contributed by atoms with Gasteiger partial charge in [0.25, 0.3) is 5.91 Å². The number of thiophene rings is 1. The molecule has 0 saturated heterocycles. The van der Waals surface area contributed by atoms with Crippen molar-refractivity contribution in [3.63, 3.8) is 0 Å². The molecule has 0 unspecified atom stereocenters. The highest BCUT2D eigenvalue weighted by atomic mass is 35.5. The number of pyridine rings is 1. The zero-order chi connectivity index (χ0) is 19.0. The fourth-order valence-corrected chi connectivity index (χ4v) is 3.82. The second kappa shape index (κ2) is 7.14. The van der Waals surface area contributed by atoms with Gasteiger partial charge in [-0.05, 0) is 55.1 Å². The van der Waals surface area contributed by atoms with Gasteiger partial charge in [0.15, 0.2) is 0 Å². The van der Waals surface area contributed by atoms with E-state index >= 15 is 0 Å². The molecule has 0 saturated carbocycles. The molecule has 134 valence electrons. The first kappa shape index (κ1) is 17.7. The van der Waals surface area contributed by atoms with Gasteiger partial charge in [-0.2, -0.15) is 0 Å². The van der Waals surface area contributed by atoms with Gasteiger partial charge in [0.1, 0.15) is 0 Å². The number of benzene rings is 2. The van der Waals surface area contributed by atoms with Crippen LogP contribution in [-0.4, -0.2) is 10.9 Å². The Hall–Kier alpha value is -2.69. The van der Waals surface area contributed by atoms with Crippen LogP contribution in [0.4, 0.5) is 5.69 Å². The van der Waals surface area contributed by atoms with E-state index in [2.05, 4.69) is 5.32 Å². The van der Waals surface area contributed by atoms with Crippen LogP contribution in [0.2, 0.25) is 5.02 Å². The standard InChI is InChI=1S/C22H17ClN2OS/c1-13-5-7-15(8-6-13)24-22(26)17-12-19(20-4-3-11-27-20)25-21-14(2)18(23)10-9-16(17)21/h3-12H,1-2H3,(H,24,26). The van der Waals surface area contributed by atoms with Crippen LogP contribution in [0.15, 0.2) is 60.0 Å². The first-order valence-electron chi connectivity index (χ1n) is 8.54. The molecular formula is C22H17ClN2OS. The molecule has 27 heavy (non-hydrogen) atoms. The molecule has 2 aromatic heterocycles. The lowest BCUT2D eigenvalue weighted by molar-refractivity contribution is 0.102. The van der Waals surface area contributed by atoms with Gasteiger partial charge in [-0.3, -0.25) is 4.79 Å². The number of hydrogen-bond acceptors (Lipinski definition) is 3. The molecule has 2 heterocycles. The Morgan fingerprint density at radius 3 is 2.56 bits per heavy atom. The lowest BCUT2D eigenvalue weighted by Gasteiger charge is -2.12. The van der Waals surface area contributed by atoms with Crippen molar-refractivity contribution in [2.75, 3.05) is 5.32 Å². The highest BCUT2D eigenvalue weighted by molar-refractivity contribution is 7.13. The lowest BCUT2D eigenvalue weighted by Crippen LogP contribution is -2.13. The summed E-state index contributed by atoms with van der Waals surface area (Å²) in [6.07, 6.45) is 0. The predicted octanol–water partition coefficient (Wildman–Crippen LogP) is 6.49. The van der Waals surface area contributed by atoms with Crippen molar-refractivity contribution in [3.8, 4) is 10.6 Å². The van der Waals surface area contributed by atoms with E-state index in [4.69, 9.17) is 16.6 Å². The number of fused-ring (bicyclic) bond motifs is 1. The summed E-state index contributed by atoms with van der Waals surface area (Å²) in [4.78, 5) is 18.9. The summed E-state index contributed by atoms with van der Waals surface area (Å²) in [5.74, 6) is -0.161. The number of nitrogens with zero attached hydrogens (tertiary/aromatic N) is 1. The molecule has 5 heteroatoms. The fraction of sp³-hybridized carbons (Fsp3) is 0.0909. The minimum absolute atomic E-state index is 0.161. The molecule has 0 aliphatic carbocycles. The number of aromatic nitrogens is 1. The van der Waals surface area contributed by atoms with E-state index in [9.17, 15) is 4.79 Å². The van der Waals surface area contributed by atoms with Crippen LogP contribution >= 0.6 is 22.9 Å². The molecule has 0 atom stereocenters. The molecule has 0 fully saturated rings. The quantitative estimate of drug-likeness (QED) is 0.433. The van der Waals surface area contributed by atoms with Gasteiger partial charge in [0.2, 0.25) is 0 Å². The Kier molecular flexibility index (Phi) is 4.68. The van der Waals surface area contributed by atoms with Crippen molar-refractivity contribution in [3.05, 3.63) is 81.7 Å². The maximum atomic E-state index is 13.1. The number of aryl methyl sites for hydroxylation is 2. The van der Waals surface area contributed by atoms with Crippen LogP contribution in [0.1, 0.15) is 21.5 Å². The fourth-order valence-electron chi connectivity index (χ4n) is 2.98. The molecule has 4 rings (SSSR count). The Labute approximate surface area is 166 Å². The summed E-state index contributed by atoms with van der Waals surface area (Å²) in [5, 5.41) is 6.42. The third-order valence-corrected chi connectivity index (χ3v) is 5.80. The van der Waals surface area contributed by atoms with Gasteiger partial charge >= 0.3 is 0 Å². The monoisotopic (exact) mass is 392 g/mol. The maximum Gasteiger partial charge on any atom is 0.256 e. The van der Waals surface area contributed by atoms with E-state index < -0.39 is 0 Å². The van der Waals surface area contributed by atoms with Crippen LogP contribution in [0.25, 0.3) is 21.5 Å². The van der Waals surface area contributed by atoms with Crippen molar-refractivity contribution in [1.29, 1.82) is 0 Å². The third kappa shape index (κ3) is 3.46. The normalized spacial score (nSPS) is 10.9. The van der Waals surface area contributed by atoms with Crippen LogP contribution in [0.5, 0.6) is 0 Å². The molecule has 0 aliphatic rings. The van der Waals surface area contributed by atoms with E-state index in [0.717, 1.165) is 38.3 Å². The summed E-state index contributed by atoms with van der Waals surface area (Å²) >= 11 is 7.90. The first-order chi connectivity index (χ1) is 13.0. The summed E-state index contributed by atoms with van der Waals surface area (Å²) in [6, 6.07) is 17.3. The second-order valence-electron chi connectivity index (χ2n) is 6.42. The number of halogens is 1. The van der Waals surface area contributed by atoms with E-state index in [1.54, 1.807) is 11.3 Å². The number of rotatable bonds is 3. The average molecular weight is 393 g/mol. The average Bonchev–Trinajstić information content (AvgIpc) is 3.20. The third-order valence-electron chi connectivity index (χ3n) is 4.50. The summed E-state index contributed by atoms with van der Waals surface area (Å²) in [5.41, 5.74) is 4.90. The van der Waals surface area contributed by atoms with Crippen molar-refractivity contribution in [2.24, 2.45) is 0 Å². The SMILES string of the molecule is Cc1ccc(NC(=O)c2cc(-c3cccs3)nc3c(C)c(Cl)ccc23)cc1. The molecule has 1 N–H and O–H groups in total. The Balaban J connectivity index is 1.86. The summed E-state index contributed by atoms with van der Waals surface area (Å²) in [7, 11) is 0. The molecule has 0 aliphatic heterocycles. The zero-order valence-electron chi connectivity index (χ0n) is 14.9. The van der Waals surface area contributed by atoms with Gasteiger partial charge in [0.05, 0.1) is 21.7 Å². The van der Waals surface area contributed by atoms with Crippen LogP contribution in [0.3, 0.4) is 0 Å². The summed E-state index contributed by atoms with van der Waals surface area (Å²) in [6.45, 7) is 3.94. The van der Waals surface area contributed by atoms with Crippen molar-refractivity contribution in [2.45, 2.75) is 13.8 Å². The number of carbonyl (C=O) groups excluding carboxylic acids is 1. The second-order valence-corrected chi connectivity index (χ2v) is 7.78. The number of nitrogens with one attached hydrogen (secondary N) is 1. The van der Waals surface area contributed by atoms with Gasteiger partial charge in [-0.1, -0.05) is 41.4 Å². The van der Waals surface area contributed by atoms with Gasteiger partial charge in [-0.25, -0.2) is 4.98 Å². The van der Waals surface area contributed by atoms with Crippen molar-refractivity contribution in [1.82, 2.24) is 4.98 Å². The van der Waals surface area contributed by atoms with Crippen molar-refractivity contribution < 1.29 is 4.79 Å². The molecule has 2 aromatic carbocycles.